The van der Waals surface area contributed by atoms with Crippen molar-refractivity contribution >= 4 is 0 Å². The Kier molecular flexibility index (Phi) is 6.97. The minimum Gasteiger partial charge on any atom is -0.394 e. The van der Waals surface area contributed by atoms with Crippen molar-refractivity contribution in [2.24, 2.45) is 0 Å². The minimum atomic E-state index is 0.0912. The molecule has 0 aliphatic heterocycles. The average Bonchev–Trinajstić information content (AvgIpc) is 2.76. The van der Waals surface area contributed by atoms with Gasteiger partial charge in [0.05, 0.1) is 18.8 Å². The highest BCUT2D eigenvalue weighted by Crippen LogP contribution is 2.03. The summed E-state index contributed by atoms with van der Waals surface area (Å²) in [5, 5.41) is 20.2. The van der Waals surface area contributed by atoms with Gasteiger partial charge in [0.25, 0.3) is 0 Å². The van der Waals surface area contributed by atoms with E-state index in [1.807, 2.05) is 6.20 Å². The molecular weight excluding hydrogens is 242 g/mol. The first-order valence-corrected chi connectivity index (χ1v) is 7.01. The van der Waals surface area contributed by atoms with E-state index < -0.39 is 0 Å². The lowest BCUT2D eigenvalue weighted by Gasteiger charge is -2.30. The molecule has 1 heterocycles. The van der Waals surface area contributed by atoms with Gasteiger partial charge in [-0.3, -0.25) is 4.90 Å². The number of hydrogen-bond acceptors (Lipinski definition) is 5. The fourth-order valence-electron chi connectivity index (χ4n) is 2.17. The van der Waals surface area contributed by atoms with Crippen molar-refractivity contribution in [2.75, 3.05) is 19.7 Å². The number of aliphatic hydroxyl groups is 1. The number of aromatic nitrogens is 3. The number of nitrogens with one attached hydrogen (secondary N) is 1. The van der Waals surface area contributed by atoms with E-state index in [-0.39, 0.29) is 6.61 Å². The van der Waals surface area contributed by atoms with E-state index in [0.29, 0.717) is 18.6 Å². The smallest absolute Gasteiger partial charge is 0.0964 e. The maximum absolute atomic E-state index is 8.80. The highest BCUT2D eigenvalue weighted by molar-refractivity contribution is 4.91. The predicted molar refractivity (Wildman–Crippen MR) is 75.8 cm³/mol. The van der Waals surface area contributed by atoms with Gasteiger partial charge in [-0.05, 0) is 27.7 Å². The van der Waals surface area contributed by atoms with Gasteiger partial charge in [-0.2, -0.15) is 0 Å². The standard InChI is InChI=1S/C13H27N5O/c1-11(2)18(12(3)4)6-5-14-9-13-10-17(7-8-19)16-15-13/h10-12,14,19H,5-9H2,1-4H3. The molecule has 0 fully saturated rings. The molecule has 0 radical (unpaired) electrons. The molecule has 1 rings (SSSR count). The van der Waals surface area contributed by atoms with Crippen LogP contribution < -0.4 is 5.32 Å². The molecule has 0 spiro atoms. The van der Waals surface area contributed by atoms with Crippen LogP contribution in [-0.4, -0.2) is 56.8 Å². The van der Waals surface area contributed by atoms with Crippen LogP contribution in [0.2, 0.25) is 0 Å². The Morgan fingerprint density at radius 1 is 1.32 bits per heavy atom. The van der Waals surface area contributed by atoms with E-state index in [9.17, 15) is 0 Å². The SMILES string of the molecule is CC(C)N(CCNCc1cn(CCO)nn1)C(C)C. The van der Waals surface area contributed by atoms with E-state index in [1.165, 1.54) is 0 Å². The lowest BCUT2D eigenvalue weighted by molar-refractivity contribution is 0.175. The summed E-state index contributed by atoms with van der Waals surface area (Å²) in [5.74, 6) is 0. The summed E-state index contributed by atoms with van der Waals surface area (Å²) in [7, 11) is 0. The molecule has 0 saturated heterocycles. The summed E-state index contributed by atoms with van der Waals surface area (Å²) in [4.78, 5) is 2.45. The first-order valence-electron chi connectivity index (χ1n) is 7.01. The molecule has 110 valence electrons. The molecule has 2 N–H and O–H groups in total. The second-order valence-corrected chi connectivity index (χ2v) is 5.30. The number of nitrogens with zero attached hydrogens (tertiary/aromatic N) is 4. The molecule has 0 aliphatic rings. The quantitative estimate of drug-likeness (QED) is 0.638. The third kappa shape index (κ3) is 5.67. The van der Waals surface area contributed by atoms with Crippen LogP contribution in [0.5, 0.6) is 0 Å². The maximum Gasteiger partial charge on any atom is 0.0964 e. The molecule has 1 aromatic rings. The molecular formula is C13H27N5O. The highest BCUT2D eigenvalue weighted by Gasteiger charge is 2.12. The second kappa shape index (κ2) is 8.24. The zero-order valence-electron chi connectivity index (χ0n) is 12.5. The molecule has 0 unspecified atom stereocenters. The summed E-state index contributed by atoms with van der Waals surface area (Å²) < 4.78 is 1.66. The van der Waals surface area contributed by atoms with Gasteiger partial charge in [0.2, 0.25) is 0 Å². The first-order chi connectivity index (χ1) is 9.04. The zero-order chi connectivity index (χ0) is 14.3. The minimum absolute atomic E-state index is 0.0912. The Morgan fingerprint density at radius 2 is 2.00 bits per heavy atom. The Bertz CT molecular complexity index is 343. The van der Waals surface area contributed by atoms with Crippen molar-refractivity contribution in [1.82, 2.24) is 25.2 Å². The van der Waals surface area contributed by atoms with Crippen molar-refractivity contribution in [3.63, 3.8) is 0 Å². The molecule has 0 amide bonds. The molecule has 6 nitrogen and oxygen atoms in total. The van der Waals surface area contributed by atoms with E-state index >= 15 is 0 Å². The van der Waals surface area contributed by atoms with Gasteiger partial charge in [-0.15, -0.1) is 5.10 Å². The third-order valence-electron chi connectivity index (χ3n) is 3.09. The van der Waals surface area contributed by atoms with Crippen molar-refractivity contribution in [3.05, 3.63) is 11.9 Å². The van der Waals surface area contributed by atoms with E-state index in [2.05, 4.69) is 48.2 Å². The lowest BCUT2D eigenvalue weighted by Crippen LogP contribution is -2.41. The normalized spacial score (nSPS) is 12.0. The van der Waals surface area contributed by atoms with Crippen LogP contribution in [0.4, 0.5) is 0 Å². The van der Waals surface area contributed by atoms with Crippen LogP contribution in [0, 0.1) is 0 Å². The maximum atomic E-state index is 8.80. The topological polar surface area (TPSA) is 66.2 Å². The van der Waals surface area contributed by atoms with Crippen molar-refractivity contribution in [1.29, 1.82) is 0 Å². The van der Waals surface area contributed by atoms with Crippen molar-refractivity contribution in [3.8, 4) is 0 Å². The molecule has 0 atom stereocenters. The first kappa shape index (κ1) is 16.1. The lowest BCUT2D eigenvalue weighted by atomic mass is 10.2. The summed E-state index contributed by atoms with van der Waals surface area (Å²) in [6.45, 7) is 12.2. The Labute approximate surface area is 115 Å². The van der Waals surface area contributed by atoms with Gasteiger partial charge < -0.3 is 10.4 Å². The molecule has 0 aliphatic carbocycles. The number of hydrogen-bond donors (Lipinski definition) is 2. The molecule has 19 heavy (non-hydrogen) atoms. The van der Waals surface area contributed by atoms with Gasteiger partial charge in [0.1, 0.15) is 0 Å². The molecule has 0 aromatic carbocycles. The Morgan fingerprint density at radius 3 is 2.58 bits per heavy atom. The Balaban J connectivity index is 2.25. The van der Waals surface area contributed by atoms with Crippen LogP contribution >= 0.6 is 0 Å². The van der Waals surface area contributed by atoms with E-state index in [1.54, 1.807) is 4.68 Å². The van der Waals surface area contributed by atoms with Crippen LogP contribution in [0.15, 0.2) is 6.20 Å². The van der Waals surface area contributed by atoms with Gasteiger partial charge in [0, 0.05) is 37.9 Å². The summed E-state index contributed by atoms with van der Waals surface area (Å²) in [5.41, 5.74) is 0.911. The molecule has 0 saturated carbocycles. The van der Waals surface area contributed by atoms with Crippen molar-refractivity contribution < 1.29 is 5.11 Å². The predicted octanol–water partition coefficient (Wildman–Crippen LogP) is 0.479. The summed E-state index contributed by atoms with van der Waals surface area (Å²) in [6.07, 6.45) is 1.87. The van der Waals surface area contributed by atoms with Crippen LogP contribution in [-0.2, 0) is 13.1 Å². The fourth-order valence-corrected chi connectivity index (χ4v) is 2.17. The van der Waals surface area contributed by atoms with Crippen LogP contribution in [0.1, 0.15) is 33.4 Å². The van der Waals surface area contributed by atoms with Crippen LogP contribution in [0.25, 0.3) is 0 Å². The highest BCUT2D eigenvalue weighted by atomic mass is 16.3. The average molecular weight is 269 g/mol. The van der Waals surface area contributed by atoms with Gasteiger partial charge in [0.15, 0.2) is 0 Å². The third-order valence-corrected chi connectivity index (χ3v) is 3.09. The van der Waals surface area contributed by atoms with E-state index in [0.717, 1.165) is 25.3 Å². The van der Waals surface area contributed by atoms with Gasteiger partial charge >= 0.3 is 0 Å². The van der Waals surface area contributed by atoms with Gasteiger partial charge in [-0.25, -0.2) is 4.68 Å². The number of rotatable bonds is 9. The van der Waals surface area contributed by atoms with Gasteiger partial charge in [-0.1, -0.05) is 5.21 Å². The Hall–Kier alpha value is -0.980. The fraction of sp³-hybridized carbons (Fsp3) is 0.846. The molecule has 1 aromatic heterocycles. The molecule has 0 bridgehead atoms. The monoisotopic (exact) mass is 269 g/mol. The zero-order valence-corrected chi connectivity index (χ0v) is 12.5. The molecule has 6 heteroatoms. The summed E-state index contributed by atoms with van der Waals surface area (Å²) in [6, 6.07) is 1.12. The van der Waals surface area contributed by atoms with Crippen molar-refractivity contribution in [2.45, 2.75) is 52.9 Å². The van der Waals surface area contributed by atoms with Crippen LogP contribution in [0.3, 0.4) is 0 Å². The number of aliphatic hydroxyl groups excluding tert-OH is 1. The summed E-state index contributed by atoms with van der Waals surface area (Å²) >= 11 is 0. The second-order valence-electron chi connectivity index (χ2n) is 5.30. The van der Waals surface area contributed by atoms with E-state index in [4.69, 9.17) is 5.11 Å². The largest absolute Gasteiger partial charge is 0.394 e.